The molecule has 0 aromatic heterocycles. The molecule has 0 N–H and O–H groups in total. The third-order valence-electron chi connectivity index (χ3n) is 3.38. The number of nitrogens with zero attached hydrogens (tertiary/aromatic N) is 1. The summed E-state index contributed by atoms with van der Waals surface area (Å²) in [5.74, 6) is 0.466. The fraction of sp³-hybridized carbons (Fsp3) is 0.235. The number of carbonyl (C=O) groups excluding carboxylic acids is 1. The van der Waals surface area contributed by atoms with E-state index in [0.717, 1.165) is 11.3 Å². The Labute approximate surface area is 128 Å². The summed E-state index contributed by atoms with van der Waals surface area (Å²) in [4.78, 5) is 14.1. The van der Waals surface area contributed by atoms with Gasteiger partial charge in [-0.25, -0.2) is 0 Å². The van der Waals surface area contributed by atoms with Crippen molar-refractivity contribution >= 4 is 27.5 Å². The third kappa shape index (κ3) is 2.93. The van der Waals surface area contributed by atoms with Crippen molar-refractivity contribution in [2.75, 3.05) is 11.4 Å². The van der Waals surface area contributed by atoms with Gasteiger partial charge in [0.05, 0.1) is 6.54 Å². The first kappa shape index (κ1) is 14.8. The quantitative estimate of drug-likeness (QED) is 0.744. The van der Waals surface area contributed by atoms with E-state index in [1.54, 1.807) is 11.0 Å². The molecule has 1 aromatic carbocycles. The van der Waals surface area contributed by atoms with Crippen LogP contribution < -0.4 is 4.90 Å². The predicted molar refractivity (Wildman–Crippen MR) is 88.2 cm³/mol. The minimum Gasteiger partial charge on any atom is -0.304 e. The first-order chi connectivity index (χ1) is 9.40. The highest BCUT2D eigenvalue weighted by molar-refractivity contribution is 9.11. The van der Waals surface area contributed by atoms with E-state index in [0.29, 0.717) is 22.5 Å². The van der Waals surface area contributed by atoms with Crippen molar-refractivity contribution in [1.82, 2.24) is 0 Å². The molecule has 0 radical (unpaired) electrons. The van der Waals surface area contributed by atoms with Crippen LogP contribution in [0.5, 0.6) is 0 Å². The summed E-state index contributed by atoms with van der Waals surface area (Å²) in [5.41, 5.74) is 3.62. The number of hydrogen-bond donors (Lipinski definition) is 0. The predicted octanol–water partition coefficient (Wildman–Crippen LogP) is 4.55. The lowest BCUT2D eigenvalue weighted by Crippen LogP contribution is -2.24. The summed E-state index contributed by atoms with van der Waals surface area (Å²) in [6.45, 7) is 12.6. The Morgan fingerprint density at radius 1 is 1.35 bits per heavy atom. The highest BCUT2D eigenvalue weighted by atomic mass is 79.9. The molecule has 1 aromatic rings. The van der Waals surface area contributed by atoms with Crippen molar-refractivity contribution in [2.24, 2.45) is 0 Å². The molecule has 1 saturated heterocycles. The molecule has 1 aliphatic heterocycles. The first-order valence-corrected chi connectivity index (χ1v) is 7.35. The van der Waals surface area contributed by atoms with E-state index in [2.05, 4.69) is 55.1 Å². The van der Waals surface area contributed by atoms with Crippen LogP contribution in [0.15, 0.2) is 59.1 Å². The minimum atomic E-state index is -0.0205. The minimum absolute atomic E-state index is 0.0205. The average Bonchev–Trinajstić information content (AvgIpc) is 2.66. The fourth-order valence-corrected chi connectivity index (χ4v) is 2.44. The molecule has 3 heteroatoms. The van der Waals surface area contributed by atoms with Gasteiger partial charge in [-0.05, 0) is 35.3 Å². The number of halogens is 1. The maximum absolute atomic E-state index is 12.4. The molecule has 20 heavy (non-hydrogen) atoms. The van der Waals surface area contributed by atoms with Crippen LogP contribution in [0.1, 0.15) is 25.3 Å². The molecule has 104 valence electrons. The van der Waals surface area contributed by atoms with Crippen LogP contribution in [0.3, 0.4) is 0 Å². The van der Waals surface area contributed by atoms with Crippen molar-refractivity contribution in [3.63, 3.8) is 0 Å². The van der Waals surface area contributed by atoms with Crippen LogP contribution in [0, 0.1) is 0 Å². The Morgan fingerprint density at radius 2 is 1.95 bits per heavy atom. The van der Waals surface area contributed by atoms with E-state index in [9.17, 15) is 4.79 Å². The molecule has 0 aliphatic carbocycles. The molecule has 2 rings (SSSR count). The number of allylic oxidation sites excluding steroid dienone is 2. The van der Waals surface area contributed by atoms with Crippen molar-refractivity contribution in [3.8, 4) is 0 Å². The first-order valence-electron chi connectivity index (χ1n) is 6.56. The molecular weight excluding hydrogens is 314 g/mol. The molecule has 1 fully saturated rings. The van der Waals surface area contributed by atoms with Crippen LogP contribution in [0.4, 0.5) is 5.69 Å². The van der Waals surface area contributed by atoms with Gasteiger partial charge in [0.2, 0.25) is 0 Å². The van der Waals surface area contributed by atoms with E-state index < -0.39 is 0 Å². The zero-order valence-corrected chi connectivity index (χ0v) is 13.4. The van der Waals surface area contributed by atoms with E-state index in [-0.39, 0.29) is 5.91 Å². The van der Waals surface area contributed by atoms with E-state index >= 15 is 0 Å². The molecular formula is C17H18BrNO. The zero-order chi connectivity index (χ0) is 14.9. The second-order valence-electron chi connectivity index (χ2n) is 5.25. The summed E-state index contributed by atoms with van der Waals surface area (Å²) >= 11 is 3.26. The summed E-state index contributed by atoms with van der Waals surface area (Å²) in [6, 6.07) is 8.13. The molecule has 0 unspecified atom stereocenters. The van der Waals surface area contributed by atoms with Crippen LogP contribution in [-0.2, 0) is 4.79 Å². The van der Waals surface area contributed by atoms with Gasteiger partial charge in [0.1, 0.15) is 0 Å². The van der Waals surface area contributed by atoms with Crippen LogP contribution in [0.2, 0.25) is 0 Å². The smallest absolute Gasteiger partial charge is 0.258 e. The fourth-order valence-electron chi connectivity index (χ4n) is 2.21. The Morgan fingerprint density at radius 3 is 2.45 bits per heavy atom. The maximum Gasteiger partial charge on any atom is 0.258 e. The Balaban J connectivity index is 2.29. The molecule has 0 atom stereocenters. The molecule has 1 heterocycles. The second-order valence-corrected chi connectivity index (χ2v) is 6.26. The monoisotopic (exact) mass is 331 g/mol. The maximum atomic E-state index is 12.4. The largest absolute Gasteiger partial charge is 0.304 e. The van der Waals surface area contributed by atoms with Crippen molar-refractivity contribution in [3.05, 3.63) is 64.7 Å². The number of hydrogen-bond acceptors (Lipinski definition) is 1. The summed E-state index contributed by atoms with van der Waals surface area (Å²) in [5, 5.41) is 0. The standard InChI is InChI=1S/C17H18BrNO/c1-11(2)14-5-7-15(8-6-14)19-10-12(3)16(17(19)20)9-13(4)18/h5-9,11H,3-4,10H2,1-2H3/b16-9+. The summed E-state index contributed by atoms with van der Waals surface area (Å²) < 4.78 is 0.680. The highest BCUT2D eigenvalue weighted by Crippen LogP contribution is 2.30. The van der Waals surface area contributed by atoms with Gasteiger partial charge < -0.3 is 4.90 Å². The molecule has 0 spiro atoms. The summed E-state index contributed by atoms with van der Waals surface area (Å²) in [7, 11) is 0. The lowest BCUT2D eigenvalue weighted by atomic mass is 10.0. The number of amides is 1. The number of benzene rings is 1. The Kier molecular flexibility index (Phi) is 4.29. The summed E-state index contributed by atoms with van der Waals surface area (Å²) in [6.07, 6.45) is 1.73. The zero-order valence-electron chi connectivity index (χ0n) is 11.8. The average molecular weight is 332 g/mol. The molecule has 0 bridgehead atoms. The van der Waals surface area contributed by atoms with E-state index in [4.69, 9.17) is 0 Å². The normalized spacial score (nSPS) is 17.4. The van der Waals surface area contributed by atoms with E-state index in [1.807, 2.05) is 12.1 Å². The van der Waals surface area contributed by atoms with Gasteiger partial charge in [0.15, 0.2) is 0 Å². The van der Waals surface area contributed by atoms with Crippen molar-refractivity contribution in [1.29, 1.82) is 0 Å². The Bertz CT molecular complexity index is 596. The number of carbonyl (C=O) groups is 1. The molecule has 1 aliphatic rings. The van der Waals surface area contributed by atoms with Gasteiger partial charge >= 0.3 is 0 Å². The molecule has 1 amide bonds. The SMILES string of the molecule is C=C(Br)/C=C1\C(=C)CN(c2ccc(C(C)C)cc2)C1=O. The molecule has 2 nitrogen and oxygen atoms in total. The number of anilines is 1. The van der Waals surface area contributed by atoms with Crippen LogP contribution in [-0.4, -0.2) is 12.5 Å². The van der Waals surface area contributed by atoms with Gasteiger partial charge in [-0.1, -0.05) is 55.1 Å². The van der Waals surface area contributed by atoms with Crippen LogP contribution in [0.25, 0.3) is 0 Å². The highest BCUT2D eigenvalue weighted by Gasteiger charge is 2.30. The van der Waals surface area contributed by atoms with Gasteiger partial charge in [-0.3, -0.25) is 4.79 Å². The molecule has 0 saturated carbocycles. The van der Waals surface area contributed by atoms with Gasteiger partial charge in [-0.15, -0.1) is 0 Å². The van der Waals surface area contributed by atoms with E-state index in [1.165, 1.54) is 5.56 Å². The van der Waals surface area contributed by atoms with Gasteiger partial charge in [0.25, 0.3) is 5.91 Å². The van der Waals surface area contributed by atoms with Gasteiger partial charge in [0, 0.05) is 15.7 Å². The number of rotatable bonds is 3. The van der Waals surface area contributed by atoms with Crippen molar-refractivity contribution in [2.45, 2.75) is 19.8 Å². The van der Waals surface area contributed by atoms with Crippen molar-refractivity contribution < 1.29 is 4.79 Å². The lowest BCUT2D eigenvalue weighted by molar-refractivity contribution is -0.114. The lowest BCUT2D eigenvalue weighted by Gasteiger charge is -2.16. The van der Waals surface area contributed by atoms with Crippen LogP contribution >= 0.6 is 15.9 Å². The van der Waals surface area contributed by atoms with Gasteiger partial charge in [-0.2, -0.15) is 0 Å². The second kappa shape index (κ2) is 5.80. The Hall–Kier alpha value is -1.61. The topological polar surface area (TPSA) is 20.3 Å². The third-order valence-corrected chi connectivity index (χ3v) is 3.61.